The summed E-state index contributed by atoms with van der Waals surface area (Å²) in [6.45, 7) is 0. The summed E-state index contributed by atoms with van der Waals surface area (Å²) < 4.78 is 36.1. The fourth-order valence-corrected chi connectivity index (χ4v) is 1.81. The van der Waals surface area contributed by atoms with E-state index in [1.807, 2.05) is 0 Å². The minimum atomic E-state index is -7.51. The van der Waals surface area contributed by atoms with Gasteiger partial charge >= 0.3 is 96.2 Å². The number of hydrogen-bond donors (Lipinski definition) is 0. The molecule has 0 aromatic heterocycles. The molecular weight excluding hydrogens is 321 g/mol. The van der Waals surface area contributed by atoms with E-state index in [2.05, 4.69) is 0 Å². The largest absolute Gasteiger partial charge is 3.00 e. The molecule has 8 heteroatoms. The summed E-state index contributed by atoms with van der Waals surface area (Å²) in [5.74, 6) is -5.80. The van der Waals surface area contributed by atoms with E-state index in [9.17, 15) is 27.9 Å². The molecule has 1 aromatic rings. The molecule has 0 bridgehead atoms. The van der Waals surface area contributed by atoms with Crippen LogP contribution >= 0.6 is 7.28 Å². The fourth-order valence-electron chi connectivity index (χ4n) is 0.831. The number of hydrogen-bond acceptors (Lipinski definition) is 3. The van der Waals surface area contributed by atoms with Crippen LogP contribution in [0.4, 0.5) is 13.2 Å². The van der Waals surface area contributed by atoms with Crippen molar-refractivity contribution in [1.29, 1.82) is 0 Å². The Bertz CT molecular complexity index is 333. The van der Waals surface area contributed by atoms with Crippen LogP contribution in [-0.4, -0.2) is 5.92 Å². The van der Waals surface area contributed by atoms with Gasteiger partial charge in [-0.1, -0.05) is 0 Å². The van der Waals surface area contributed by atoms with Crippen LogP contribution in [0.2, 0.25) is 0 Å². The van der Waals surface area contributed by atoms with E-state index < -0.39 is 18.5 Å². The molecule has 0 spiro atoms. The van der Waals surface area contributed by atoms with Gasteiger partial charge in [0.2, 0.25) is 0 Å². The normalized spacial score (nSPS) is 14.9. The molecule has 15 heavy (non-hydrogen) atoms. The maximum atomic E-state index is 12.0. The average Bonchev–Trinajstić information content (AvgIpc) is 2.03. The monoisotopic (exact) mass is 327 g/mol. The van der Waals surface area contributed by atoms with Gasteiger partial charge in [0, 0.05) is 0 Å². The summed E-state index contributed by atoms with van der Waals surface area (Å²) in [7, 11) is -7.51. The van der Waals surface area contributed by atoms with Crippen LogP contribution in [0.5, 0.6) is 0 Å². The second-order valence-corrected chi connectivity index (χ2v) is 5.48. The third-order valence-electron chi connectivity index (χ3n) is 1.64. The predicted octanol–water partition coefficient (Wildman–Crippen LogP) is -0.792. The molecule has 1 rings (SSSR count). The summed E-state index contributed by atoms with van der Waals surface area (Å²) in [4.78, 5) is 32.4. The summed E-state index contributed by atoms with van der Waals surface area (Å²) in [5.41, 5.74) is 0. The Labute approximate surface area is 96.5 Å². The molecule has 1 radical (unpaired) electrons. The van der Waals surface area contributed by atoms with Gasteiger partial charge in [0.1, 0.15) is 0 Å². The minimum Gasteiger partial charge on any atom is 3.00 e. The van der Waals surface area contributed by atoms with Crippen molar-refractivity contribution in [2.24, 2.45) is 0 Å². The van der Waals surface area contributed by atoms with Crippen molar-refractivity contribution in [2.75, 3.05) is 0 Å². The van der Waals surface area contributed by atoms with Crippen LogP contribution < -0.4 is 20.0 Å². The van der Waals surface area contributed by atoms with Crippen molar-refractivity contribution >= 4 is 12.6 Å². The van der Waals surface area contributed by atoms with Crippen LogP contribution in [0.25, 0.3) is 0 Å². The van der Waals surface area contributed by atoms with Gasteiger partial charge in [0.05, 0.1) is 0 Å². The van der Waals surface area contributed by atoms with Gasteiger partial charge in [-0.15, -0.1) is 0 Å². The smallest absolute Gasteiger partial charge is 3.00 e. The second kappa shape index (κ2) is 4.07. The molecule has 0 saturated carbocycles. The van der Waals surface area contributed by atoms with Crippen LogP contribution in [0.3, 0.4) is 0 Å². The molecule has 0 aliphatic rings. The first kappa shape index (κ1) is 14.9. The van der Waals surface area contributed by atoms with Gasteiger partial charge in [0.25, 0.3) is 0 Å². The van der Waals surface area contributed by atoms with Gasteiger partial charge in [-0.05, 0) is 0 Å². The Morgan fingerprint density at radius 2 is 1.33 bits per heavy atom. The molecule has 0 fully saturated rings. The van der Waals surface area contributed by atoms with Gasteiger partial charge in [-0.25, -0.2) is 0 Å². The Kier molecular flexibility index (Phi) is 4.06. The van der Waals surface area contributed by atoms with Crippen molar-refractivity contribution in [3.05, 3.63) is 30.3 Å². The average molecular weight is 326 g/mol. The Hall–Kier alpha value is -0.0566. The zero-order valence-electron chi connectivity index (χ0n) is 7.05. The topological polar surface area (TPSA) is 69.2 Å². The molecule has 0 atom stereocenters. The fraction of sp³-hybridized carbons (Fsp3) is 0.143. The van der Waals surface area contributed by atoms with Crippen molar-refractivity contribution < 1.29 is 47.3 Å². The zero-order chi connectivity index (χ0) is 11.1. The van der Waals surface area contributed by atoms with Crippen LogP contribution in [0, 0.1) is 0 Å². The van der Waals surface area contributed by atoms with E-state index in [0.717, 1.165) is 12.1 Å². The van der Waals surface area contributed by atoms with Gasteiger partial charge < -0.3 is 0 Å². The van der Waals surface area contributed by atoms with E-state index in [1.165, 1.54) is 6.07 Å². The van der Waals surface area contributed by atoms with E-state index in [-0.39, 0.29) is 19.5 Å². The molecule has 0 amide bonds. The minimum absolute atomic E-state index is 0. The molecule has 85 valence electrons. The first-order valence-electron chi connectivity index (χ1n) is 3.47. The van der Waals surface area contributed by atoms with E-state index in [1.54, 1.807) is 0 Å². The quantitative estimate of drug-likeness (QED) is 0.502. The molecular formula is C7H5F3O3PRu. The number of halogens is 3. The number of rotatable bonds is 1. The van der Waals surface area contributed by atoms with E-state index in [0.29, 0.717) is 12.1 Å². The molecule has 1 aromatic carbocycles. The van der Waals surface area contributed by atoms with Crippen LogP contribution in [0.1, 0.15) is 0 Å². The van der Waals surface area contributed by atoms with Crippen molar-refractivity contribution in [2.45, 2.75) is 5.92 Å². The van der Waals surface area contributed by atoms with Crippen LogP contribution in [-0.2, 0) is 19.5 Å². The Balaban J connectivity index is 0.00000196. The summed E-state index contributed by atoms with van der Waals surface area (Å²) >= 11 is 0. The molecule has 0 aliphatic heterocycles. The second-order valence-electron chi connectivity index (χ2n) is 2.69. The third kappa shape index (κ3) is 2.55. The van der Waals surface area contributed by atoms with Crippen molar-refractivity contribution in [3.8, 4) is 0 Å². The summed E-state index contributed by atoms with van der Waals surface area (Å²) in [6.07, 6.45) is 0. The maximum absolute atomic E-state index is 12.0. The maximum Gasteiger partial charge on any atom is 3.00 e. The number of alkyl halides is 3. The Morgan fingerprint density at radius 1 is 0.933 bits per heavy atom. The van der Waals surface area contributed by atoms with Gasteiger partial charge in [-0.3, -0.25) is 0 Å². The SMILES string of the molecule is [O-]P([O-])([O-])(c1ccccc1)C(F)(F)F.[Ru+3]. The van der Waals surface area contributed by atoms with E-state index in [4.69, 9.17) is 0 Å². The molecule has 0 saturated heterocycles. The van der Waals surface area contributed by atoms with E-state index >= 15 is 0 Å². The summed E-state index contributed by atoms with van der Waals surface area (Å²) in [6, 6.07) is 4.66. The van der Waals surface area contributed by atoms with Crippen LogP contribution in [0.15, 0.2) is 30.3 Å². The molecule has 3 nitrogen and oxygen atoms in total. The molecule has 0 N–H and O–H groups in total. The first-order valence-corrected chi connectivity index (χ1v) is 5.46. The zero-order valence-corrected chi connectivity index (χ0v) is 9.68. The van der Waals surface area contributed by atoms with Crippen molar-refractivity contribution in [1.82, 2.24) is 0 Å². The summed E-state index contributed by atoms with van der Waals surface area (Å²) in [5, 5.41) is -1.26. The molecule has 0 unspecified atom stereocenters. The Morgan fingerprint density at radius 3 is 1.67 bits per heavy atom. The molecule has 0 heterocycles. The number of benzene rings is 1. The first-order chi connectivity index (χ1) is 6.14. The molecule has 0 aliphatic carbocycles. The predicted molar refractivity (Wildman–Crippen MR) is 39.1 cm³/mol. The third-order valence-corrected chi connectivity index (χ3v) is 3.70. The van der Waals surface area contributed by atoms with Gasteiger partial charge in [0.15, 0.2) is 0 Å². The van der Waals surface area contributed by atoms with Crippen molar-refractivity contribution in [3.63, 3.8) is 0 Å². The standard InChI is InChI=1S/C7H5F3O3P.Ru/c8-7(9,10)14(11,12,13)6-4-2-1-3-5-6;/h1-5H;/q-3;+3. The van der Waals surface area contributed by atoms with Gasteiger partial charge in [-0.2, -0.15) is 0 Å².